The van der Waals surface area contributed by atoms with Gasteiger partial charge in [-0.1, -0.05) is 23.7 Å². The normalized spacial score (nSPS) is 12.6. The Morgan fingerprint density at radius 2 is 2.26 bits per heavy atom. The maximum Gasteiger partial charge on any atom is 0.229 e. The molecule has 2 rings (SSSR count). The highest BCUT2D eigenvalue weighted by Crippen LogP contribution is 2.28. The zero-order valence-electron chi connectivity index (χ0n) is 10.6. The molecular formula is C13H15ClFN3O. The van der Waals surface area contributed by atoms with E-state index in [0.29, 0.717) is 23.8 Å². The lowest BCUT2D eigenvalue weighted by atomic mass is 10.1. The van der Waals surface area contributed by atoms with Crippen molar-refractivity contribution in [1.82, 2.24) is 10.1 Å². The van der Waals surface area contributed by atoms with E-state index in [1.807, 2.05) is 6.92 Å². The van der Waals surface area contributed by atoms with Crippen LogP contribution in [0.4, 0.5) is 4.39 Å². The van der Waals surface area contributed by atoms with Crippen LogP contribution in [0, 0.1) is 5.82 Å². The highest BCUT2D eigenvalue weighted by atomic mass is 35.5. The highest BCUT2D eigenvalue weighted by molar-refractivity contribution is 6.33. The fourth-order valence-corrected chi connectivity index (χ4v) is 2.01. The Morgan fingerprint density at radius 3 is 2.95 bits per heavy atom. The molecule has 0 aliphatic heterocycles. The molecule has 0 saturated carbocycles. The summed E-state index contributed by atoms with van der Waals surface area (Å²) < 4.78 is 18.2. The molecule has 102 valence electrons. The van der Waals surface area contributed by atoms with Gasteiger partial charge in [0.25, 0.3) is 0 Å². The van der Waals surface area contributed by atoms with E-state index in [2.05, 4.69) is 10.1 Å². The van der Waals surface area contributed by atoms with Gasteiger partial charge in [0.15, 0.2) is 0 Å². The van der Waals surface area contributed by atoms with Crippen LogP contribution in [0.25, 0.3) is 11.4 Å². The van der Waals surface area contributed by atoms with Gasteiger partial charge in [0.1, 0.15) is 5.82 Å². The lowest BCUT2D eigenvalue weighted by Gasteiger charge is -2.03. The van der Waals surface area contributed by atoms with Crippen molar-refractivity contribution >= 4 is 11.6 Å². The summed E-state index contributed by atoms with van der Waals surface area (Å²) in [6.45, 7) is 2.63. The predicted octanol–water partition coefficient (Wildman–Crippen LogP) is 3.37. The van der Waals surface area contributed by atoms with Crippen molar-refractivity contribution < 1.29 is 8.91 Å². The number of aromatic nitrogens is 2. The molecule has 1 atom stereocenters. The van der Waals surface area contributed by atoms with Crippen molar-refractivity contribution in [1.29, 1.82) is 0 Å². The Balaban J connectivity index is 2.20. The van der Waals surface area contributed by atoms with E-state index in [1.54, 1.807) is 0 Å². The average Bonchev–Trinajstić information content (AvgIpc) is 2.85. The van der Waals surface area contributed by atoms with Crippen molar-refractivity contribution in [3.8, 4) is 11.4 Å². The van der Waals surface area contributed by atoms with Gasteiger partial charge in [-0.3, -0.25) is 0 Å². The molecule has 1 heterocycles. The van der Waals surface area contributed by atoms with Crippen molar-refractivity contribution in [3.63, 3.8) is 0 Å². The first-order valence-corrected chi connectivity index (χ1v) is 6.48. The van der Waals surface area contributed by atoms with Gasteiger partial charge in [-0.05, 0) is 37.6 Å². The zero-order chi connectivity index (χ0) is 13.8. The summed E-state index contributed by atoms with van der Waals surface area (Å²) in [4.78, 5) is 4.30. The molecule has 0 radical (unpaired) electrons. The number of nitrogens with zero attached hydrogens (tertiary/aromatic N) is 2. The number of hydrogen-bond acceptors (Lipinski definition) is 4. The second-order valence-electron chi connectivity index (χ2n) is 4.41. The van der Waals surface area contributed by atoms with Crippen LogP contribution in [-0.2, 0) is 0 Å². The van der Waals surface area contributed by atoms with Gasteiger partial charge in [0, 0.05) is 11.5 Å². The maximum absolute atomic E-state index is 13.0. The lowest BCUT2D eigenvalue weighted by molar-refractivity contribution is 0.352. The van der Waals surface area contributed by atoms with Crippen molar-refractivity contribution in [3.05, 3.63) is 34.9 Å². The molecule has 0 fully saturated rings. The van der Waals surface area contributed by atoms with Crippen LogP contribution in [0.3, 0.4) is 0 Å². The molecule has 0 saturated heterocycles. The number of benzene rings is 1. The average molecular weight is 284 g/mol. The smallest absolute Gasteiger partial charge is 0.229 e. The van der Waals surface area contributed by atoms with E-state index >= 15 is 0 Å². The third kappa shape index (κ3) is 3.30. The number of nitrogens with two attached hydrogens (primary N) is 1. The lowest BCUT2D eigenvalue weighted by Crippen LogP contribution is -2.02. The van der Waals surface area contributed by atoms with Crippen molar-refractivity contribution in [2.75, 3.05) is 6.54 Å². The zero-order valence-corrected chi connectivity index (χ0v) is 11.3. The van der Waals surface area contributed by atoms with E-state index in [9.17, 15) is 4.39 Å². The third-order valence-corrected chi connectivity index (χ3v) is 3.19. The first kappa shape index (κ1) is 14.0. The Hall–Kier alpha value is -1.46. The highest BCUT2D eigenvalue weighted by Gasteiger charge is 2.16. The van der Waals surface area contributed by atoms with Crippen LogP contribution in [0.2, 0.25) is 5.02 Å². The molecule has 1 unspecified atom stereocenters. The quantitative estimate of drug-likeness (QED) is 0.914. The SMILES string of the molecule is CC(CCCN)c1nc(-c2ccc(F)cc2Cl)no1. The fraction of sp³-hybridized carbons (Fsp3) is 0.385. The molecule has 2 aromatic rings. The molecule has 0 amide bonds. The van der Waals surface area contributed by atoms with Crippen LogP contribution in [-0.4, -0.2) is 16.7 Å². The molecule has 1 aromatic carbocycles. The van der Waals surface area contributed by atoms with Gasteiger partial charge in [-0.15, -0.1) is 0 Å². The van der Waals surface area contributed by atoms with Crippen LogP contribution in [0.5, 0.6) is 0 Å². The number of halogens is 2. The van der Waals surface area contributed by atoms with Crippen LogP contribution >= 0.6 is 11.6 Å². The topological polar surface area (TPSA) is 64.9 Å². The molecule has 19 heavy (non-hydrogen) atoms. The Kier molecular flexibility index (Phi) is 4.50. The summed E-state index contributed by atoms with van der Waals surface area (Å²) in [5.41, 5.74) is 6.02. The van der Waals surface area contributed by atoms with Crippen LogP contribution < -0.4 is 5.73 Å². The summed E-state index contributed by atoms with van der Waals surface area (Å²) in [7, 11) is 0. The molecule has 6 heteroatoms. The maximum atomic E-state index is 13.0. The number of hydrogen-bond donors (Lipinski definition) is 1. The van der Waals surface area contributed by atoms with Crippen molar-refractivity contribution in [2.24, 2.45) is 5.73 Å². The largest absolute Gasteiger partial charge is 0.339 e. The van der Waals surface area contributed by atoms with E-state index in [1.165, 1.54) is 18.2 Å². The standard InChI is InChI=1S/C13H15ClFN3O/c1-8(3-2-6-16)13-17-12(18-19-13)10-5-4-9(15)7-11(10)14/h4-5,7-8H,2-3,6,16H2,1H3. The Morgan fingerprint density at radius 1 is 1.47 bits per heavy atom. The molecular weight excluding hydrogens is 269 g/mol. The summed E-state index contributed by atoms with van der Waals surface area (Å²) in [6.07, 6.45) is 1.78. The van der Waals surface area contributed by atoms with Crippen LogP contribution in [0.1, 0.15) is 31.6 Å². The molecule has 0 aliphatic rings. The van der Waals surface area contributed by atoms with Gasteiger partial charge in [0.05, 0.1) is 5.02 Å². The van der Waals surface area contributed by atoms with E-state index in [-0.39, 0.29) is 10.9 Å². The van der Waals surface area contributed by atoms with Gasteiger partial charge in [-0.25, -0.2) is 4.39 Å². The Bertz CT molecular complexity index is 559. The molecule has 2 N–H and O–H groups in total. The minimum atomic E-state index is -0.395. The van der Waals surface area contributed by atoms with Gasteiger partial charge in [-0.2, -0.15) is 4.98 Å². The molecule has 0 spiro atoms. The second kappa shape index (κ2) is 6.12. The summed E-state index contributed by atoms with van der Waals surface area (Å²) in [6, 6.07) is 4.08. The third-order valence-electron chi connectivity index (χ3n) is 2.88. The molecule has 1 aromatic heterocycles. The summed E-state index contributed by atoms with van der Waals surface area (Å²) in [5, 5.41) is 4.15. The summed E-state index contributed by atoms with van der Waals surface area (Å²) in [5.74, 6) is 0.668. The first-order chi connectivity index (χ1) is 9.11. The first-order valence-electron chi connectivity index (χ1n) is 6.11. The minimum Gasteiger partial charge on any atom is -0.339 e. The van der Waals surface area contributed by atoms with Gasteiger partial charge in [0.2, 0.25) is 11.7 Å². The van der Waals surface area contributed by atoms with Gasteiger partial charge < -0.3 is 10.3 Å². The predicted molar refractivity (Wildman–Crippen MR) is 71.4 cm³/mol. The minimum absolute atomic E-state index is 0.143. The fourth-order valence-electron chi connectivity index (χ4n) is 1.76. The molecule has 0 bridgehead atoms. The Labute approximate surface area is 115 Å². The second-order valence-corrected chi connectivity index (χ2v) is 4.82. The van der Waals surface area contributed by atoms with Crippen molar-refractivity contribution in [2.45, 2.75) is 25.7 Å². The molecule has 0 aliphatic carbocycles. The molecule has 4 nitrogen and oxygen atoms in total. The number of rotatable bonds is 5. The van der Waals surface area contributed by atoms with E-state index in [4.69, 9.17) is 21.9 Å². The van der Waals surface area contributed by atoms with Gasteiger partial charge >= 0.3 is 0 Å². The van der Waals surface area contributed by atoms with Crippen LogP contribution in [0.15, 0.2) is 22.7 Å². The van der Waals surface area contributed by atoms with E-state index in [0.717, 1.165) is 12.8 Å². The monoisotopic (exact) mass is 283 g/mol. The van der Waals surface area contributed by atoms with E-state index < -0.39 is 5.82 Å². The summed E-state index contributed by atoms with van der Waals surface area (Å²) >= 11 is 5.96.